The van der Waals surface area contributed by atoms with Crippen molar-refractivity contribution in [3.05, 3.63) is 58.1 Å². The largest absolute Gasteiger partial charge is 0.308 e. The predicted molar refractivity (Wildman–Crippen MR) is 104 cm³/mol. The third-order valence-corrected chi connectivity index (χ3v) is 6.83. The smallest absolute Gasteiger partial charge is 0.258 e. The van der Waals surface area contributed by atoms with Gasteiger partial charge in [-0.25, -0.2) is 12.7 Å². The molecule has 0 aromatic heterocycles. The third-order valence-electron chi connectivity index (χ3n) is 4.54. The Morgan fingerprint density at radius 1 is 1.15 bits per heavy atom. The molecule has 2 aromatic carbocycles. The molecule has 0 atom stereocenters. The molecular formula is C19H21ClN2O3S. The molecule has 1 aliphatic heterocycles. The van der Waals surface area contributed by atoms with E-state index in [1.54, 1.807) is 11.0 Å². The summed E-state index contributed by atoms with van der Waals surface area (Å²) in [5.74, 6) is -0.221. The van der Waals surface area contributed by atoms with Crippen LogP contribution in [-0.4, -0.2) is 39.3 Å². The maximum Gasteiger partial charge on any atom is 0.258 e. The summed E-state index contributed by atoms with van der Waals surface area (Å²) in [6.07, 6.45) is 1.81. The summed E-state index contributed by atoms with van der Waals surface area (Å²) in [7, 11) is -0.862. The van der Waals surface area contributed by atoms with Gasteiger partial charge in [0.15, 0.2) is 0 Å². The molecule has 0 unspecified atom stereocenters. The van der Waals surface area contributed by atoms with Gasteiger partial charge in [0.1, 0.15) is 4.90 Å². The first-order valence-corrected chi connectivity index (χ1v) is 10.2. The number of benzene rings is 2. The number of halogens is 1. The number of rotatable bonds is 3. The van der Waals surface area contributed by atoms with Gasteiger partial charge in [-0.3, -0.25) is 4.79 Å². The van der Waals surface area contributed by atoms with Crippen molar-refractivity contribution in [2.45, 2.75) is 24.7 Å². The minimum absolute atomic E-state index is 0.0591. The van der Waals surface area contributed by atoms with Gasteiger partial charge in [-0.1, -0.05) is 29.3 Å². The third kappa shape index (κ3) is 3.37. The van der Waals surface area contributed by atoms with Gasteiger partial charge in [0.2, 0.25) is 10.0 Å². The molecule has 0 fully saturated rings. The lowest BCUT2D eigenvalue weighted by molar-refractivity contribution is 0.0985. The molecule has 26 heavy (non-hydrogen) atoms. The summed E-state index contributed by atoms with van der Waals surface area (Å²) < 4.78 is 26.0. The zero-order valence-corrected chi connectivity index (χ0v) is 16.6. The summed E-state index contributed by atoms with van der Waals surface area (Å²) in [5.41, 5.74) is 3.49. The molecule has 0 saturated heterocycles. The molecule has 3 rings (SSSR count). The number of aryl methyl sites for hydroxylation is 2. The van der Waals surface area contributed by atoms with Crippen LogP contribution < -0.4 is 4.90 Å². The molecule has 0 N–H and O–H groups in total. The number of anilines is 1. The fourth-order valence-electron chi connectivity index (χ4n) is 3.12. The minimum Gasteiger partial charge on any atom is -0.308 e. The fraction of sp³-hybridized carbons (Fsp3) is 0.316. The number of carbonyl (C=O) groups excluding carboxylic acids is 1. The Hall–Kier alpha value is -1.89. The minimum atomic E-state index is -3.73. The predicted octanol–water partition coefficient (Wildman–Crippen LogP) is 3.49. The van der Waals surface area contributed by atoms with Gasteiger partial charge >= 0.3 is 0 Å². The highest BCUT2D eigenvalue weighted by atomic mass is 35.5. The van der Waals surface area contributed by atoms with E-state index in [0.29, 0.717) is 12.1 Å². The van der Waals surface area contributed by atoms with E-state index in [1.165, 1.54) is 26.2 Å². The standard InChI is InChI=1S/C19H21ClN2O3S/c1-13-6-9-17-14(11-13)5-4-10-22(17)19(23)15-7-8-16(20)18(12-15)26(24,25)21(2)3/h6-9,11-12H,4-5,10H2,1-3H3. The van der Waals surface area contributed by atoms with E-state index in [1.807, 2.05) is 19.1 Å². The van der Waals surface area contributed by atoms with E-state index >= 15 is 0 Å². The van der Waals surface area contributed by atoms with E-state index in [2.05, 4.69) is 6.07 Å². The van der Waals surface area contributed by atoms with Crippen molar-refractivity contribution in [3.8, 4) is 0 Å². The van der Waals surface area contributed by atoms with Gasteiger partial charge in [-0.2, -0.15) is 0 Å². The van der Waals surface area contributed by atoms with E-state index in [9.17, 15) is 13.2 Å². The van der Waals surface area contributed by atoms with Gasteiger partial charge in [-0.05, 0) is 49.6 Å². The molecular weight excluding hydrogens is 372 g/mol. The molecule has 0 bridgehead atoms. The van der Waals surface area contributed by atoms with Crippen LogP contribution in [0.3, 0.4) is 0 Å². The number of nitrogens with zero attached hydrogens (tertiary/aromatic N) is 2. The van der Waals surface area contributed by atoms with Crippen molar-refractivity contribution in [1.29, 1.82) is 0 Å². The van der Waals surface area contributed by atoms with Crippen molar-refractivity contribution >= 4 is 33.2 Å². The highest BCUT2D eigenvalue weighted by Crippen LogP contribution is 2.31. The molecule has 7 heteroatoms. The van der Waals surface area contributed by atoms with Crippen LogP contribution in [-0.2, 0) is 16.4 Å². The Bertz CT molecular complexity index is 971. The quantitative estimate of drug-likeness (QED) is 0.803. The van der Waals surface area contributed by atoms with Gasteiger partial charge in [0.05, 0.1) is 5.02 Å². The van der Waals surface area contributed by atoms with Crippen molar-refractivity contribution in [2.75, 3.05) is 25.5 Å². The normalized spacial score (nSPS) is 14.4. The average molecular weight is 393 g/mol. The topological polar surface area (TPSA) is 57.7 Å². The zero-order chi connectivity index (χ0) is 19.1. The zero-order valence-electron chi connectivity index (χ0n) is 15.0. The van der Waals surface area contributed by atoms with Crippen molar-refractivity contribution in [3.63, 3.8) is 0 Å². The van der Waals surface area contributed by atoms with Gasteiger partial charge in [0.25, 0.3) is 5.91 Å². The number of hydrogen-bond acceptors (Lipinski definition) is 3. The Morgan fingerprint density at radius 3 is 2.58 bits per heavy atom. The molecule has 138 valence electrons. The first-order valence-electron chi connectivity index (χ1n) is 8.35. The summed E-state index contributed by atoms with van der Waals surface area (Å²) in [5, 5.41) is 0.102. The van der Waals surface area contributed by atoms with Crippen LogP contribution in [0.4, 0.5) is 5.69 Å². The second kappa shape index (κ2) is 7.02. The van der Waals surface area contributed by atoms with Crippen LogP contribution in [0.15, 0.2) is 41.3 Å². The maximum atomic E-state index is 13.1. The molecule has 2 aromatic rings. The molecule has 5 nitrogen and oxygen atoms in total. The molecule has 0 aliphatic carbocycles. The Morgan fingerprint density at radius 2 is 1.88 bits per heavy atom. The van der Waals surface area contributed by atoms with Crippen LogP contribution in [0, 0.1) is 6.92 Å². The number of hydrogen-bond donors (Lipinski definition) is 0. The maximum absolute atomic E-state index is 13.1. The first-order chi connectivity index (χ1) is 12.2. The number of amides is 1. The first kappa shape index (κ1) is 18.9. The highest BCUT2D eigenvalue weighted by molar-refractivity contribution is 7.89. The molecule has 0 saturated carbocycles. The molecule has 1 heterocycles. The van der Waals surface area contributed by atoms with Gasteiger partial charge in [0, 0.05) is 31.9 Å². The van der Waals surface area contributed by atoms with Crippen molar-refractivity contribution in [2.24, 2.45) is 0 Å². The van der Waals surface area contributed by atoms with Crippen LogP contribution in [0.2, 0.25) is 5.02 Å². The monoisotopic (exact) mass is 392 g/mol. The van der Waals surface area contributed by atoms with E-state index in [4.69, 9.17) is 11.6 Å². The summed E-state index contributed by atoms with van der Waals surface area (Å²) in [6, 6.07) is 10.4. The molecule has 1 aliphatic rings. The van der Waals surface area contributed by atoms with Crippen LogP contribution in [0.1, 0.15) is 27.9 Å². The highest BCUT2D eigenvalue weighted by Gasteiger charge is 2.27. The second-order valence-corrected chi connectivity index (χ2v) is 9.15. The van der Waals surface area contributed by atoms with Crippen molar-refractivity contribution in [1.82, 2.24) is 4.31 Å². The molecule has 0 spiro atoms. The summed E-state index contributed by atoms with van der Waals surface area (Å²) >= 11 is 6.08. The lowest BCUT2D eigenvalue weighted by Gasteiger charge is -2.30. The summed E-state index contributed by atoms with van der Waals surface area (Å²) in [6.45, 7) is 2.63. The van der Waals surface area contributed by atoms with Crippen LogP contribution in [0.25, 0.3) is 0 Å². The number of carbonyl (C=O) groups is 1. The van der Waals surface area contributed by atoms with E-state index in [-0.39, 0.29) is 15.8 Å². The fourth-order valence-corrected chi connectivity index (χ4v) is 4.52. The van der Waals surface area contributed by atoms with Crippen molar-refractivity contribution < 1.29 is 13.2 Å². The number of sulfonamides is 1. The SMILES string of the molecule is Cc1ccc2c(c1)CCCN2C(=O)c1ccc(Cl)c(S(=O)(=O)N(C)C)c1. The van der Waals surface area contributed by atoms with Crippen LogP contribution in [0.5, 0.6) is 0 Å². The second-order valence-electron chi connectivity index (χ2n) is 6.63. The Kier molecular flexibility index (Phi) is 5.10. The molecule has 1 amide bonds. The molecule has 0 radical (unpaired) electrons. The lowest BCUT2D eigenvalue weighted by atomic mass is 9.99. The number of fused-ring (bicyclic) bond motifs is 1. The lowest BCUT2D eigenvalue weighted by Crippen LogP contribution is -2.35. The Balaban J connectivity index is 2.03. The average Bonchev–Trinajstić information content (AvgIpc) is 2.60. The van der Waals surface area contributed by atoms with Crippen LogP contribution >= 0.6 is 11.6 Å². The Labute approximate surface area is 159 Å². The van der Waals surface area contributed by atoms with E-state index < -0.39 is 10.0 Å². The summed E-state index contributed by atoms with van der Waals surface area (Å²) in [4.78, 5) is 14.7. The van der Waals surface area contributed by atoms with E-state index in [0.717, 1.165) is 34.0 Å². The van der Waals surface area contributed by atoms with Gasteiger partial charge in [-0.15, -0.1) is 0 Å². The van der Waals surface area contributed by atoms with Gasteiger partial charge < -0.3 is 4.90 Å².